The Bertz CT molecular complexity index is 1430. The molecule has 37 heavy (non-hydrogen) atoms. The summed E-state index contributed by atoms with van der Waals surface area (Å²) in [6.45, 7) is 2.33. The van der Waals surface area contributed by atoms with Gasteiger partial charge >= 0.3 is 0 Å². The van der Waals surface area contributed by atoms with Crippen LogP contribution in [0.25, 0.3) is 0 Å². The minimum absolute atomic E-state index is 0.159. The van der Waals surface area contributed by atoms with Crippen LogP contribution in [0.15, 0.2) is 42.5 Å². The summed E-state index contributed by atoms with van der Waals surface area (Å²) in [7, 11) is 0. The van der Waals surface area contributed by atoms with E-state index in [0.717, 1.165) is 4.90 Å². The molecule has 3 amide bonds. The Hall–Kier alpha value is -2.19. The van der Waals surface area contributed by atoms with Gasteiger partial charge in [0.25, 0.3) is 17.7 Å². The van der Waals surface area contributed by atoms with Gasteiger partial charge in [0, 0.05) is 15.7 Å². The predicted molar refractivity (Wildman–Crippen MR) is 145 cm³/mol. The number of anilines is 1. The van der Waals surface area contributed by atoms with Crippen LogP contribution in [0.2, 0.25) is 30.1 Å². The summed E-state index contributed by atoms with van der Waals surface area (Å²) in [5.74, 6) is -1.52. The van der Waals surface area contributed by atoms with Gasteiger partial charge in [-0.15, -0.1) is 0 Å². The number of rotatable bonds is 5. The molecule has 1 fully saturated rings. The van der Waals surface area contributed by atoms with Crippen LogP contribution in [-0.4, -0.2) is 35.3 Å². The van der Waals surface area contributed by atoms with Crippen molar-refractivity contribution < 1.29 is 19.1 Å². The number of nitrogens with zero attached hydrogens (tertiary/aromatic N) is 2. The highest BCUT2D eigenvalue weighted by molar-refractivity contribution is 6.55. The molecule has 5 rings (SSSR count). The van der Waals surface area contributed by atoms with Crippen LogP contribution in [0, 0.1) is 0 Å². The second-order valence-electron chi connectivity index (χ2n) is 8.21. The molecule has 3 aromatic rings. The Morgan fingerprint density at radius 1 is 0.703 bits per heavy atom. The number of fused-ring (bicyclic) bond motifs is 1. The smallest absolute Gasteiger partial charge is 0.264 e. The minimum atomic E-state index is -1.22. The topological polar surface area (TPSA) is 66.9 Å². The first-order valence-electron chi connectivity index (χ1n) is 10.8. The first kappa shape index (κ1) is 26.4. The van der Waals surface area contributed by atoms with Crippen molar-refractivity contribution in [3.8, 4) is 5.75 Å². The van der Waals surface area contributed by atoms with Crippen LogP contribution < -0.4 is 9.64 Å². The number of benzene rings is 3. The molecular weight excluding hydrogens is 605 g/mol. The first-order chi connectivity index (χ1) is 17.6. The van der Waals surface area contributed by atoms with E-state index in [1.807, 2.05) is 6.92 Å². The van der Waals surface area contributed by atoms with E-state index in [4.69, 9.17) is 74.3 Å². The first-order valence-corrected chi connectivity index (χ1v) is 13.1. The van der Waals surface area contributed by atoms with Gasteiger partial charge in [0.1, 0.15) is 11.8 Å². The molecule has 2 heterocycles. The summed E-state index contributed by atoms with van der Waals surface area (Å²) in [5, 5.41) is -0.119. The van der Waals surface area contributed by atoms with E-state index in [0.29, 0.717) is 33.7 Å². The normalized spacial score (nSPS) is 18.8. The van der Waals surface area contributed by atoms with E-state index in [9.17, 15) is 14.4 Å². The average Bonchev–Trinajstić information content (AvgIpc) is 3.10. The Labute approximate surface area is 241 Å². The van der Waals surface area contributed by atoms with Gasteiger partial charge in [-0.2, -0.15) is 0 Å². The Morgan fingerprint density at radius 2 is 1.22 bits per heavy atom. The molecule has 0 spiro atoms. The Balaban J connectivity index is 1.62. The maximum atomic E-state index is 13.6. The van der Waals surface area contributed by atoms with Crippen LogP contribution in [0.1, 0.15) is 39.2 Å². The van der Waals surface area contributed by atoms with Crippen LogP contribution in [0.5, 0.6) is 5.75 Å². The van der Waals surface area contributed by atoms with E-state index in [-0.39, 0.29) is 31.2 Å². The van der Waals surface area contributed by atoms with Gasteiger partial charge < -0.3 is 9.64 Å². The van der Waals surface area contributed by atoms with Crippen molar-refractivity contribution in [3.63, 3.8) is 0 Å². The van der Waals surface area contributed by atoms with Gasteiger partial charge in [-0.25, -0.2) is 0 Å². The third-order valence-electron chi connectivity index (χ3n) is 6.14. The van der Waals surface area contributed by atoms with Gasteiger partial charge in [0.15, 0.2) is 0 Å². The number of hydrogen-bond acceptors (Lipinski definition) is 4. The zero-order valence-electron chi connectivity index (χ0n) is 18.7. The molecule has 2 aliphatic heterocycles. The monoisotopic (exact) mass is 616 g/mol. The van der Waals surface area contributed by atoms with E-state index in [1.165, 1.54) is 11.0 Å². The van der Waals surface area contributed by atoms with E-state index < -0.39 is 29.8 Å². The molecule has 0 radical (unpaired) electrons. The molecule has 0 aromatic heterocycles. The standard InChI is InChI=1S/C25H14Cl6N2O4/c1-2-37-14-5-3-10(4-6-14)21-22(25(36)32(21)13-8-11(26)7-12(27)9-13)33-23(34)15-16(24(33)35)18(29)20(31)19(30)17(15)28/h3-9,21-22H,2H2,1H3/t21-,22+/m1/s1. The Kier molecular flexibility index (Phi) is 7.03. The molecule has 1 saturated heterocycles. The molecule has 0 saturated carbocycles. The lowest BCUT2D eigenvalue weighted by Crippen LogP contribution is -2.67. The predicted octanol–water partition coefficient (Wildman–Crippen LogP) is 7.76. The zero-order chi connectivity index (χ0) is 26.8. The van der Waals surface area contributed by atoms with Gasteiger partial charge in [0.2, 0.25) is 0 Å². The zero-order valence-corrected chi connectivity index (χ0v) is 23.2. The SMILES string of the molecule is CCOc1ccc([C@@H]2[C@H](N3C(=O)c4c(Cl)c(Cl)c(Cl)c(Cl)c4C3=O)C(=O)N2c2cc(Cl)cc(Cl)c2)cc1. The second kappa shape index (κ2) is 9.84. The van der Waals surface area contributed by atoms with Gasteiger partial charge in [-0.1, -0.05) is 81.7 Å². The molecule has 6 nitrogen and oxygen atoms in total. The summed E-state index contributed by atoms with van der Waals surface area (Å²) < 4.78 is 5.52. The van der Waals surface area contributed by atoms with Crippen LogP contribution in [0.4, 0.5) is 5.69 Å². The fourth-order valence-corrected chi connectivity index (χ4v) is 6.10. The maximum Gasteiger partial charge on any atom is 0.264 e. The van der Waals surface area contributed by atoms with Crippen molar-refractivity contribution in [2.75, 3.05) is 11.5 Å². The fourth-order valence-electron chi connectivity index (χ4n) is 4.57. The van der Waals surface area contributed by atoms with Crippen molar-refractivity contribution >= 4 is 93.0 Å². The molecular formula is C25H14Cl6N2O4. The van der Waals surface area contributed by atoms with Crippen LogP contribution in [-0.2, 0) is 4.79 Å². The lowest BCUT2D eigenvalue weighted by molar-refractivity contribution is -0.130. The third kappa shape index (κ3) is 4.15. The number of hydrogen-bond donors (Lipinski definition) is 0. The molecule has 0 N–H and O–H groups in total. The maximum absolute atomic E-state index is 13.6. The highest BCUT2D eigenvalue weighted by Crippen LogP contribution is 2.49. The van der Waals surface area contributed by atoms with E-state index in [1.54, 1.807) is 36.4 Å². The van der Waals surface area contributed by atoms with Gasteiger partial charge in [0.05, 0.1) is 43.9 Å². The van der Waals surface area contributed by atoms with E-state index in [2.05, 4.69) is 0 Å². The molecule has 2 aliphatic rings. The molecule has 2 atom stereocenters. The quantitative estimate of drug-likeness (QED) is 0.127. The Morgan fingerprint density at radius 3 is 1.70 bits per heavy atom. The summed E-state index contributed by atoms with van der Waals surface area (Å²) in [6, 6.07) is 9.64. The second-order valence-corrected chi connectivity index (χ2v) is 10.6. The third-order valence-corrected chi connectivity index (χ3v) is 8.37. The highest BCUT2D eigenvalue weighted by Gasteiger charge is 2.58. The van der Waals surface area contributed by atoms with Crippen molar-refractivity contribution in [2.45, 2.75) is 19.0 Å². The van der Waals surface area contributed by atoms with Gasteiger partial charge in [-0.3, -0.25) is 19.3 Å². The lowest BCUT2D eigenvalue weighted by Gasteiger charge is -2.49. The van der Waals surface area contributed by atoms with Crippen LogP contribution in [0.3, 0.4) is 0 Å². The molecule has 12 heteroatoms. The summed E-state index contributed by atoms with van der Waals surface area (Å²) in [6.07, 6.45) is 0. The minimum Gasteiger partial charge on any atom is -0.494 e. The van der Waals surface area contributed by atoms with Crippen LogP contribution >= 0.6 is 69.6 Å². The molecule has 0 bridgehead atoms. The summed E-state index contributed by atoms with van der Waals surface area (Å²) in [4.78, 5) is 42.9. The fraction of sp³-hybridized carbons (Fsp3) is 0.160. The number of carbonyl (C=O) groups excluding carboxylic acids is 3. The molecule has 3 aromatic carbocycles. The lowest BCUT2D eigenvalue weighted by atomic mass is 9.86. The highest BCUT2D eigenvalue weighted by atomic mass is 35.5. The number of halogens is 6. The van der Waals surface area contributed by atoms with Crippen molar-refractivity contribution in [3.05, 3.63) is 89.3 Å². The molecule has 0 aliphatic carbocycles. The number of carbonyl (C=O) groups is 3. The van der Waals surface area contributed by atoms with E-state index >= 15 is 0 Å². The largest absolute Gasteiger partial charge is 0.494 e. The van der Waals surface area contributed by atoms with Gasteiger partial charge in [-0.05, 0) is 42.8 Å². The number of ether oxygens (including phenoxy) is 1. The van der Waals surface area contributed by atoms with Crippen molar-refractivity contribution in [1.82, 2.24) is 4.90 Å². The number of imide groups is 1. The summed E-state index contributed by atoms with van der Waals surface area (Å²) in [5.41, 5.74) is 0.632. The average molecular weight is 619 g/mol. The number of β-lactam (4-membered cyclic amide) rings is 1. The molecule has 0 unspecified atom stereocenters. The number of amides is 3. The van der Waals surface area contributed by atoms with Crippen molar-refractivity contribution in [2.24, 2.45) is 0 Å². The molecule has 190 valence electrons. The van der Waals surface area contributed by atoms with Crippen molar-refractivity contribution in [1.29, 1.82) is 0 Å². The summed E-state index contributed by atoms with van der Waals surface area (Å²) >= 11 is 37.2.